The highest BCUT2D eigenvalue weighted by molar-refractivity contribution is 5.85. The predicted octanol–water partition coefficient (Wildman–Crippen LogP) is 2.39. The van der Waals surface area contributed by atoms with E-state index < -0.39 is 11.9 Å². The number of halogens is 2. The van der Waals surface area contributed by atoms with Crippen LogP contribution in [0.4, 0.5) is 4.39 Å². The summed E-state index contributed by atoms with van der Waals surface area (Å²) in [5.41, 5.74) is 6.53. The number of methoxy groups -OCH3 is 1. The van der Waals surface area contributed by atoms with Crippen molar-refractivity contribution in [2.24, 2.45) is 11.7 Å². The Hall–Kier alpha value is -1.04. The SMILES string of the molecule is COc1cc(F)cc([C@@H](N)C2CCOCC2)c1O.Cl. The minimum absolute atomic E-state index is 0. The summed E-state index contributed by atoms with van der Waals surface area (Å²) in [6, 6.07) is 2.02. The van der Waals surface area contributed by atoms with Gasteiger partial charge in [-0.3, -0.25) is 0 Å². The molecule has 1 aliphatic rings. The molecule has 6 heteroatoms. The van der Waals surface area contributed by atoms with Crippen molar-refractivity contribution < 1.29 is 19.0 Å². The van der Waals surface area contributed by atoms with Gasteiger partial charge in [0.05, 0.1) is 7.11 Å². The van der Waals surface area contributed by atoms with Crippen molar-refractivity contribution in [3.8, 4) is 11.5 Å². The Kier molecular flexibility index (Phi) is 5.85. The third-order valence-corrected chi connectivity index (χ3v) is 3.42. The van der Waals surface area contributed by atoms with Crippen LogP contribution in [0.3, 0.4) is 0 Å². The average molecular weight is 292 g/mol. The van der Waals surface area contributed by atoms with E-state index >= 15 is 0 Å². The molecule has 2 rings (SSSR count). The molecule has 1 atom stereocenters. The van der Waals surface area contributed by atoms with E-state index in [2.05, 4.69) is 0 Å². The molecule has 1 aromatic carbocycles. The van der Waals surface area contributed by atoms with Crippen molar-refractivity contribution in [3.63, 3.8) is 0 Å². The summed E-state index contributed by atoms with van der Waals surface area (Å²) in [6.07, 6.45) is 1.64. The summed E-state index contributed by atoms with van der Waals surface area (Å²) in [5.74, 6) is -0.219. The van der Waals surface area contributed by atoms with E-state index in [-0.39, 0.29) is 29.8 Å². The summed E-state index contributed by atoms with van der Waals surface area (Å²) in [7, 11) is 1.39. The van der Waals surface area contributed by atoms with E-state index in [4.69, 9.17) is 15.2 Å². The van der Waals surface area contributed by atoms with E-state index in [0.717, 1.165) is 18.9 Å². The number of rotatable bonds is 3. The molecule has 0 saturated carbocycles. The zero-order valence-electron chi connectivity index (χ0n) is 10.8. The van der Waals surface area contributed by atoms with Crippen LogP contribution in [0.25, 0.3) is 0 Å². The molecule has 1 saturated heterocycles. The molecular weight excluding hydrogens is 273 g/mol. The lowest BCUT2D eigenvalue weighted by molar-refractivity contribution is 0.0580. The molecule has 0 aromatic heterocycles. The van der Waals surface area contributed by atoms with Crippen molar-refractivity contribution >= 4 is 12.4 Å². The smallest absolute Gasteiger partial charge is 0.163 e. The van der Waals surface area contributed by atoms with Gasteiger partial charge >= 0.3 is 0 Å². The van der Waals surface area contributed by atoms with Crippen LogP contribution in [-0.2, 0) is 4.74 Å². The fourth-order valence-electron chi connectivity index (χ4n) is 2.33. The number of ether oxygens (including phenoxy) is 2. The Balaban J connectivity index is 0.00000180. The number of hydrogen-bond donors (Lipinski definition) is 2. The number of hydrogen-bond acceptors (Lipinski definition) is 4. The van der Waals surface area contributed by atoms with Gasteiger partial charge in [-0.1, -0.05) is 0 Å². The maximum Gasteiger partial charge on any atom is 0.163 e. The van der Waals surface area contributed by atoms with Crippen molar-refractivity contribution in [1.29, 1.82) is 0 Å². The van der Waals surface area contributed by atoms with Crippen LogP contribution in [0.2, 0.25) is 0 Å². The van der Waals surface area contributed by atoms with Gasteiger partial charge in [0.25, 0.3) is 0 Å². The van der Waals surface area contributed by atoms with Gasteiger partial charge in [0.2, 0.25) is 0 Å². The molecular formula is C13H19ClFNO3. The lowest BCUT2D eigenvalue weighted by Crippen LogP contribution is -2.27. The van der Waals surface area contributed by atoms with Crippen LogP contribution in [-0.4, -0.2) is 25.4 Å². The number of phenolic OH excluding ortho intramolecular Hbond substituents is 1. The van der Waals surface area contributed by atoms with E-state index in [1.165, 1.54) is 13.2 Å². The summed E-state index contributed by atoms with van der Waals surface area (Å²) >= 11 is 0. The molecule has 0 bridgehead atoms. The first-order valence-electron chi connectivity index (χ1n) is 6.03. The third kappa shape index (κ3) is 3.49. The third-order valence-electron chi connectivity index (χ3n) is 3.42. The Bertz CT molecular complexity index is 425. The van der Waals surface area contributed by atoms with Gasteiger partial charge in [-0.2, -0.15) is 0 Å². The monoisotopic (exact) mass is 291 g/mol. The van der Waals surface area contributed by atoms with Crippen LogP contribution in [0.15, 0.2) is 12.1 Å². The first kappa shape index (κ1) is 16.0. The molecule has 0 amide bonds. The number of benzene rings is 1. The molecule has 4 nitrogen and oxygen atoms in total. The van der Waals surface area contributed by atoms with Crippen molar-refractivity contribution in [1.82, 2.24) is 0 Å². The summed E-state index contributed by atoms with van der Waals surface area (Å²) in [5, 5.41) is 10.0. The topological polar surface area (TPSA) is 64.7 Å². The molecule has 1 fully saturated rings. The van der Waals surface area contributed by atoms with Crippen molar-refractivity contribution in [2.75, 3.05) is 20.3 Å². The van der Waals surface area contributed by atoms with E-state index in [0.29, 0.717) is 18.8 Å². The summed E-state index contributed by atoms with van der Waals surface area (Å²) in [4.78, 5) is 0. The summed E-state index contributed by atoms with van der Waals surface area (Å²) < 4.78 is 23.7. The number of nitrogens with two attached hydrogens (primary N) is 1. The fraction of sp³-hybridized carbons (Fsp3) is 0.538. The van der Waals surface area contributed by atoms with E-state index in [1.54, 1.807) is 0 Å². The molecule has 0 radical (unpaired) electrons. The second-order valence-electron chi connectivity index (χ2n) is 4.52. The van der Waals surface area contributed by atoms with Crippen molar-refractivity contribution in [2.45, 2.75) is 18.9 Å². The average Bonchev–Trinajstić information content (AvgIpc) is 2.41. The lowest BCUT2D eigenvalue weighted by Gasteiger charge is -2.28. The number of aromatic hydroxyl groups is 1. The first-order valence-corrected chi connectivity index (χ1v) is 6.03. The second-order valence-corrected chi connectivity index (χ2v) is 4.52. The standard InChI is InChI=1S/C13H18FNO3.ClH/c1-17-11-7-9(14)6-10(13(11)16)12(15)8-2-4-18-5-3-8;/h6-8,12,16H,2-5,15H2,1H3;1H/t12-;/m0./s1. The molecule has 19 heavy (non-hydrogen) atoms. The highest BCUT2D eigenvalue weighted by Crippen LogP contribution is 2.38. The van der Waals surface area contributed by atoms with Gasteiger partial charge in [-0.05, 0) is 24.8 Å². The van der Waals surface area contributed by atoms with Crippen LogP contribution in [0.5, 0.6) is 11.5 Å². The van der Waals surface area contributed by atoms with E-state index in [9.17, 15) is 9.50 Å². The maximum absolute atomic E-state index is 13.5. The highest BCUT2D eigenvalue weighted by Gasteiger charge is 2.26. The second kappa shape index (κ2) is 6.93. The zero-order chi connectivity index (χ0) is 13.1. The molecule has 1 aliphatic heterocycles. The predicted molar refractivity (Wildman–Crippen MR) is 72.3 cm³/mol. The first-order chi connectivity index (χ1) is 8.63. The van der Waals surface area contributed by atoms with Crippen LogP contribution in [0.1, 0.15) is 24.4 Å². The Morgan fingerprint density at radius 1 is 1.42 bits per heavy atom. The van der Waals surface area contributed by atoms with Gasteiger partial charge < -0.3 is 20.3 Å². The minimum Gasteiger partial charge on any atom is -0.504 e. The fourth-order valence-corrected chi connectivity index (χ4v) is 2.33. The van der Waals surface area contributed by atoms with Gasteiger partial charge in [-0.25, -0.2) is 4.39 Å². The Morgan fingerprint density at radius 3 is 2.63 bits per heavy atom. The Morgan fingerprint density at radius 2 is 2.05 bits per heavy atom. The van der Waals surface area contributed by atoms with Crippen molar-refractivity contribution in [3.05, 3.63) is 23.5 Å². The van der Waals surface area contributed by atoms with Crippen LogP contribution >= 0.6 is 12.4 Å². The largest absolute Gasteiger partial charge is 0.504 e. The molecule has 0 unspecified atom stereocenters. The zero-order valence-corrected chi connectivity index (χ0v) is 11.6. The quantitative estimate of drug-likeness (QED) is 0.897. The highest BCUT2D eigenvalue weighted by atomic mass is 35.5. The summed E-state index contributed by atoms with van der Waals surface area (Å²) in [6.45, 7) is 1.32. The lowest BCUT2D eigenvalue weighted by atomic mass is 9.87. The van der Waals surface area contributed by atoms with E-state index in [1.807, 2.05) is 0 Å². The van der Waals surface area contributed by atoms with Gasteiger partial charge in [0, 0.05) is 30.9 Å². The molecule has 3 N–H and O–H groups in total. The molecule has 108 valence electrons. The normalized spacial score (nSPS) is 17.6. The molecule has 0 spiro atoms. The maximum atomic E-state index is 13.5. The number of phenols is 1. The molecule has 1 aromatic rings. The molecule has 0 aliphatic carbocycles. The van der Waals surface area contributed by atoms with Crippen LogP contribution in [0, 0.1) is 11.7 Å². The van der Waals surface area contributed by atoms with Gasteiger partial charge in [0.1, 0.15) is 5.82 Å². The van der Waals surface area contributed by atoms with Crippen LogP contribution < -0.4 is 10.5 Å². The van der Waals surface area contributed by atoms with Gasteiger partial charge in [0.15, 0.2) is 11.5 Å². The minimum atomic E-state index is -0.456. The van der Waals surface area contributed by atoms with Gasteiger partial charge in [-0.15, -0.1) is 12.4 Å². The molecule has 1 heterocycles. The Labute approximate surface area is 118 Å².